The number of aryl methyl sites for hydroxylation is 1. The van der Waals surface area contributed by atoms with Gasteiger partial charge in [-0.3, -0.25) is 0 Å². The van der Waals surface area contributed by atoms with Crippen LogP contribution in [0.2, 0.25) is 0 Å². The van der Waals surface area contributed by atoms with Gasteiger partial charge in [0.25, 0.3) is 0 Å². The maximum atomic E-state index is 12.6. The van der Waals surface area contributed by atoms with E-state index < -0.39 is 28.3 Å². The van der Waals surface area contributed by atoms with Crippen LogP contribution in [0.25, 0.3) is 0 Å². The number of benzene rings is 1. The van der Waals surface area contributed by atoms with Gasteiger partial charge in [0.05, 0.1) is 16.1 Å². The van der Waals surface area contributed by atoms with Gasteiger partial charge >= 0.3 is 7.12 Å². The molecular formula is C17H28BNO4S. The molecule has 24 heavy (non-hydrogen) atoms. The van der Waals surface area contributed by atoms with Gasteiger partial charge in [-0.1, -0.05) is 25.5 Å². The highest BCUT2D eigenvalue weighted by Crippen LogP contribution is 2.36. The summed E-state index contributed by atoms with van der Waals surface area (Å²) in [7, 11) is -3.94. The topological polar surface area (TPSA) is 55.8 Å². The number of hydrogen-bond acceptors (Lipinski definition) is 4. The van der Waals surface area contributed by atoms with E-state index in [0.29, 0.717) is 18.0 Å². The van der Waals surface area contributed by atoms with Crippen LogP contribution in [-0.2, 0) is 19.3 Å². The summed E-state index contributed by atoms with van der Waals surface area (Å²) in [6.07, 6.45) is 0. The highest BCUT2D eigenvalue weighted by molar-refractivity contribution is 7.89. The van der Waals surface area contributed by atoms with Gasteiger partial charge in [-0.25, -0.2) is 8.42 Å². The van der Waals surface area contributed by atoms with E-state index in [0.717, 1.165) is 11.0 Å². The summed E-state index contributed by atoms with van der Waals surface area (Å²) in [5, 5.41) is 0. The van der Waals surface area contributed by atoms with Crippen LogP contribution in [0.1, 0.15) is 47.1 Å². The third kappa shape index (κ3) is 3.27. The lowest BCUT2D eigenvalue weighted by Crippen LogP contribution is -2.41. The average molecular weight is 353 g/mol. The van der Waals surface area contributed by atoms with Crippen molar-refractivity contribution in [2.24, 2.45) is 0 Å². The molecule has 2 rings (SSSR count). The lowest BCUT2D eigenvalue weighted by Gasteiger charge is -2.32. The Morgan fingerprint density at radius 1 is 1.04 bits per heavy atom. The van der Waals surface area contributed by atoms with Crippen molar-refractivity contribution in [3.63, 3.8) is 0 Å². The Hall–Kier alpha value is -0.885. The molecule has 0 amide bonds. The van der Waals surface area contributed by atoms with Crippen molar-refractivity contribution in [2.45, 2.75) is 64.6 Å². The van der Waals surface area contributed by atoms with E-state index in [1.807, 2.05) is 48.5 Å². The van der Waals surface area contributed by atoms with E-state index in [2.05, 4.69) is 0 Å². The molecule has 1 fully saturated rings. The molecule has 1 aromatic carbocycles. The Labute approximate surface area is 146 Å². The van der Waals surface area contributed by atoms with Crippen molar-refractivity contribution in [2.75, 3.05) is 13.1 Å². The second-order valence-corrected chi connectivity index (χ2v) is 9.13. The summed E-state index contributed by atoms with van der Waals surface area (Å²) in [6.45, 7) is 14.5. The van der Waals surface area contributed by atoms with E-state index in [-0.39, 0.29) is 0 Å². The molecule has 7 heteroatoms. The van der Waals surface area contributed by atoms with Crippen molar-refractivity contribution in [3.8, 4) is 0 Å². The zero-order valence-corrected chi connectivity index (χ0v) is 16.5. The number of nitrogens with zero attached hydrogens (tertiary/aromatic N) is 1. The van der Waals surface area contributed by atoms with Crippen LogP contribution in [0.15, 0.2) is 23.1 Å². The fourth-order valence-electron chi connectivity index (χ4n) is 2.76. The maximum absolute atomic E-state index is 12.6. The van der Waals surface area contributed by atoms with Gasteiger partial charge in [-0.15, -0.1) is 0 Å². The van der Waals surface area contributed by atoms with Crippen LogP contribution < -0.4 is 5.46 Å². The fraction of sp³-hybridized carbons (Fsp3) is 0.647. The first-order chi connectivity index (χ1) is 11.0. The molecule has 1 heterocycles. The molecule has 0 spiro atoms. The first-order valence-electron chi connectivity index (χ1n) is 8.42. The smallest absolute Gasteiger partial charge is 0.399 e. The molecule has 1 aliphatic rings. The number of hydrogen-bond donors (Lipinski definition) is 0. The fourth-order valence-corrected chi connectivity index (χ4v) is 4.30. The van der Waals surface area contributed by atoms with Gasteiger partial charge in [0.2, 0.25) is 10.0 Å². The van der Waals surface area contributed by atoms with Crippen LogP contribution >= 0.6 is 0 Å². The van der Waals surface area contributed by atoms with Crippen LogP contribution in [-0.4, -0.2) is 44.1 Å². The minimum absolute atomic E-state index is 0.309. The lowest BCUT2D eigenvalue weighted by atomic mass is 9.76. The normalized spacial score (nSPS) is 19.9. The van der Waals surface area contributed by atoms with Gasteiger partial charge in [0, 0.05) is 13.1 Å². The first-order valence-corrected chi connectivity index (χ1v) is 9.86. The molecule has 1 aliphatic heterocycles. The zero-order chi connectivity index (χ0) is 18.3. The molecule has 0 aromatic heterocycles. The highest BCUT2D eigenvalue weighted by atomic mass is 32.2. The molecule has 5 nitrogen and oxygen atoms in total. The van der Waals surface area contributed by atoms with Crippen LogP contribution in [0.4, 0.5) is 0 Å². The van der Waals surface area contributed by atoms with E-state index in [1.165, 1.54) is 4.31 Å². The van der Waals surface area contributed by atoms with Crippen LogP contribution in [0.3, 0.4) is 0 Å². The summed E-state index contributed by atoms with van der Waals surface area (Å²) in [5.41, 5.74) is 0.875. The second-order valence-electron chi connectivity index (χ2n) is 7.20. The molecule has 0 radical (unpaired) electrons. The molecule has 0 saturated carbocycles. The predicted molar refractivity (Wildman–Crippen MR) is 97.0 cm³/mol. The Morgan fingerprint density at radius 3 is 1.96 bits per heavy atom. The summed E-state index contributed by atoms with van der Waals surface area (Å²) in [5.74, 6) is 0. The summed E-state index contributed by atoms with van der Waals surface area (Å²) in [4.78, 5) is 0.309. The standard InChI is InChI=1S/C17H28BNO4S/c1-8-19(9-2)24(20,21)14-10-11-15(13(3)12-14)18-22-16(4,5)17(6,7)23-18/h10-12H,8-9H2,1-7H3. The van der Waals surface area contributed by atoms with E-state index in [4.69, 9.17) is 9.31 Å². The maximum Gasteiger partial charge on any atom is 0.495 e. The summed E-state index contributed by atoms with van der Waals surface area (Å²) < 4.78 is 38.9. The van der Waals surface area contributed by atoms with Crippen LogP contribution in [0, 0.1) is 6.92 Å². The lowest BCUT2D eigenvalue weighted by molar-refractivity contribution is 0.00578. The Bertz CT molecular complexity index is 695. The van der Waals surface area contributed by atoms with E-state index in [9.17, 15) is 8.42 Å². The molecule has 1 aromatic rings. The number of rotatable bonds is 5. The minimum atomic E-state index is -3.46. The largest absolute Gasteiger partial charge is 0.495 e. The summed E-state index contributed by atoms with van der Waals surface area (Å²) in [6, 6.07) is 5.14. The Balaban J connectivity index is 2.36. The van der Waals surface area contributed by atoms with Gasteiger partial charge in [-0.2, -0.15) is 4.31 Å². The Morgan fingerprint density at radius 2 is 1.54 bits per heavy atom. The number of sulfonamides is 1. The third-order valence-electron chi connectivity index (χ3n) is 5.09. The zero-order valence-electron chi connectivity index (χ0n) is 15.7. The minimum Gasteiger partial charge on any atom is -0.399 e. The molecule has 0 aliphatic carbocycles. The molecule has 134 valence electrons. The van der Waals surface area contributed by atoms with Crippen molar-refractivity contribution in [1.29, 1.82) is 0 Å². The average Bonchev–Trinajstić information content (AvgIpc) is 2.68. The second kappa shape index (κ2) is 6.44. The molecule has 0 N–H and O–H groups in total. The van der Waals surface area contributed by atoms with Crippen molar-refractivity contribution in [3.05, 3.63) is 23.8 Å². The van der Waals surface area contributed by atoms with E-state index >= 15 is 0 Å². The van der Waals surface area contributed by atoms with E-state index in [1.54, 1.807) is 18.2 Å². The first kappa shape index (κ1) is 19.4. The molecular weight excluding hydrogens is 325 g/mol. The van der Waals surface area contributed by atoms with Gasteiger partial charge in [-0.05, 0) is 52.2 Å². The summed E-state index contributed by atoms with van der Waals surface area (Å²) >= 11 is 0. The Kier molecular flexibility index (Phi) is 5.22. The monoisotopic (exact) mass is 353 g/mol. The highest BCUT2D eigenvalue weighted by Gasteiger charge is 2.52. The molecule has 0 bridgehead atoms. The van der Waals surface area contributed by atoms with Crippen molar-refractivity contribution in [1.82, 2.24) is 4.31 Å². The predicted octanol–water partition coefficient (Wildman–Crippen LogP) is 2.32. The van der Waals surface area contributed by atoms with Gasteiger partial charge < -0.3 is 9.31 Å². The van der Waals surface area contributed by atoms with Crippen LogP contribution in [0.5, 0.6) is 0 Å². The van der Waals surface area contributed by atoms with Crippen molar-refractivity contribution >= 4 is 22.6 Å². The van der Waals surface area contributed by atoms with Crippen molar-refractivity contribution < 1.29 is 17.7 Å². The quantitative estimate of drug-likeness (QED) is 0.763. The van der Waals surface area contributed by atoms with Gasteiger partial charge in [0.1, 0.15) is 0 Å². The molecule has 0 unspecified atom stereocenters. The van der Waals surface area contributed by atoms with Gasteiger partial charge in [0.15, 0.2) is 0 Å². The molecule has 1 saturated heterocycles. The SMILES string of the molecule is CCN(CC)S(=O)(=O)c1ccc(B2OC(C)(C)C(C)(C)O2)c(C)c1. The molecule has 0 atom stereocenters. The third-order valence-corrected chi connectivity index (χ3v) is 7.14.